The van der Waals surface area contributed by atoms with Crippen molar-refractivity contribution in [2.24, 2.45) is 11.8 Å². The van der Waals surface area contributed by atoms with Crippen molar-refractivity contribution < 1.29 is 0 Å². The van der Waals surface area contributed by atoms with E-state index in [0.29, 0.717) is 0 Å². The van der Waals surface area contributed by atoms with E-state index in [1.54, 1.807) is 0 Å². The van der Waals surface area contributed by atoms with Crippen LogP contribution >= 0.6 is 15.9 Å². The molecule has 0 amide bonds. The number of hydrogen-bond acceptors (Lipinski definition) is 4. The molecule has 1 aromatic rings. The lowest BCUT2D eigenvalue weighted by Gasteiger charge is -2.31. The van der Waals surface area contributed by atoms with Crippen molar-refractivity contribution in [1.29, 1.82) is 0 Å². The monoisotopic (exact) mass is 354 g/mol. The maximum absolute atomic E-state index is 4.35. The highest BCUT2D eigenvalue weighted by Gasteiger charge is 2.21. The third-order valence-corrected chi connectivity index (χ3v) is 4.82. The molecule has 1 saturated carbocycles. The molecule has 0 aliphatic heterocycles. The van der Waals surface area contributed by atoms with Gasteiger partial charge in [-0.15, -0.1) is 0 Å². The average molecular weight is 355 g/mol. The molecular formula is C16H27BrN4. The lowest BCUT2D eigenvalue weighted by atomic mass is 9.80. The van der Waals surface area contributed by atoms with Crippen LogP contribution in [0.25, 0.3) is 0 Å². The first-order valence-corrected chi connectivity index (χ1v) is 8.67. The SMILES string of the molecule is CN(C)C[C@H]1CC[C@H](CCN(C)c2ncc(Br)cn2)CC1. The van der Waals surface area contributed by atoms with Gasteiger partial charge in [-0.3, -0.25) is 0 Å². The molecule has 1 aliphatic carbocycles. The summed E-state index contributed by atoms with van der Waals surface area (Å²) in [6.07, 6.45) is 10.4. The topological polar surface area (TPSA) is 32.3 Å². The number of hydrogen-bond donors (Lipinski definition) is 0. The van der Waals surface area contributed by atoms with Crippen molar-refractivity contribution in [3.8, 4) is 0 Å². The Morgan fingerprint density at radius 2 is 1.62 bits per heavy atom. The van der Waals surface area contributed by atoms with Gasteiger partial charge < -0.3 is 9.80 Å². The summed E-state index contributed by atoms with van der Waals surface area (Å²) in [6.45, 7) is 2.30. The summed E-state index contributed by atoms with van der Waals surface area (Å²) >= 11 is 3.37. The molecule has 0 saturated heterocycles. The molecule has 1 heterocycles. The third kappa shape index (κ3) is 5.55. The van der Waals surface area contributed by atoms with Gasteiger partial charge in [-0.25, -0.2) is 9.97 Å². The van der Waals surface area contributed by atoms with E-state index in [-0.39, 0.29) is 0 Å². The normalized spacial score (nSPS) is 22.5. The van der Waals surface area contributed by atoms with Crippen molar-refractivity contribution in [2.45, 2.75) is 32.1 Å². The summed E-state index contributed by atoms with van der Waals surface area (Å²) in [7, 11) is 6.44. The Hall–Kier alpha value is -0.680. The van der Waals surface area contributed by atoms with Gasteiger partial charge in [0.2, 0.25) is 5.95 Å². The zero-order valence-electron chi connectivity index (χ0n) is 13.4. The highest BCUT2D eigenvalue weighted by molar-refractivity contribution is 9.10. The van der Waals surface area contributed by atoms with Crippen LogP contribution in [0.1, 0.15) is 32.1 Å². The summed E-state index contributed by atoms with van der Waals surface area (Å²) in [5, 5.41) is 0. The molecule has 5 heteroatoms. The molecule has 1 fully saturated rings. The first kappa shape index (κ1) is 16.7. The standard InChI is InChI=1S/C16H27BrN4/c1-20(2)12-14-6-4-13(5-7-14)8-9-21(3)16-18-10-15(17)11-19-16/h10-11,13-14H,4-9,12H2,1-3H3/t13-,14-. The molecule has 0 N–H and O–H groups in total. The molecular weight excluding hydrogens is 328 g/mol. The predicted octanol–water partition coefficient (Wildman–Crippen LogP) is 3.43. The van der Waals surface area contributed by atoms with Gasteiger partial charge in [-0.1, -0.05) is 12.8 Å². The molecule has 2 rings (SSSR count). The minimum absolute atomic E-state index is 0.819. The second-order valence-electron chi connectivity index (χ2n) is 6.56. The van der Waals surface area contributed by atoms with Crippen LogP contribution in [0.5, 0.6) is 0 Å². The number of aromatic nitrogens is 2. The molecule has 0 radical (unpaired) electrons. The summed E-state index contributed by atoms with van der Waals surface area (Å²) in [4.78, 5) is 13.2. The Bertz CT molecular complexity index is 413. The fraction of sp³-hybridized carbons (Fsp3) is 0.750. The largest absolute Gasteiger partial charge is 0.344 e. The fourth-order valence-electron chi connectivity index (χ4n) is 3.20. The van der Waals surface area contributed by atoms with Gasteiger partial charge >= 0.3 is 0 Å². The second-order valence-corrected chi connectivity index (χ2v) is 7.48. The van der Waals surface area contributed by atoms with Gasteiger partial charge in [0.25, 0.3) is 0 Å². The van der Waals surface area contributed by atoms with Gasteiger partial charge in [0.1, 0.15) is 0 Å². The zero-order valence-corrected chi connectivity index (χ0v) is 15.0. The molecule has 0 aromatic carbocycles. The van der Waals surface area contributed by atoms with E-state index in [2.05, 4.69) is 56.8 Å². The Labute approximate surface area is 137 Å². The van der Waals surface area contributed by atoms with Crippen LogP contribution in [-0.4, -0.2) is 49.1 Å². The lowest BCUT2D eigenvalue weighted by Crippen LogP contribution is -2.28. The summed E-state index contributed by atoms with van der Waals surface area (Å²) < 4.78 is 0.930. The second kappa shape index (κ2) is 8.08. The van der Waals surface area contributed by atoms with Crippen molar-refractivity contribution >= 4 is 21.9 Å². The minimum Gasteiger partial charge on any atom is -0.344 e. The Kier molecular flexibility index (Phi) is 6.42. The zero-order chi connectivity index (χ0) is 15.2. The molecule has 4 nitrogen and oxygen atoms in total. The maximum Gasteiger partial charge on any atom is 0.225 e. The molecule has 0 spiro atoms. The molecule has 0 bridgehead atoms. The van der Waals surface area contributed by atoms with Crippen molar-refractivity contribution in [1.82, 2.24) is 14.9 Å². The van der Waals surface area contributed by atoms with E-state index in [1.807, 2.05) is 12.4 Å². The first-order valence-electron chi connectivity index (χ1n) is 7.88. The average Bonchev–Trinajstić information content (AvgIpc) is 2.46. The van der Waals surface area contributed by atoms with Crippen molar-refractivity contribution in [3.63, 3.8) is 0 Å². The van der Waals surface area contributed by atoms with E-state index < -0.39 is 0 Å². The minimum atomic E-state index is 0.819. The van der Waals surface area contributed by atoms with E-state index in [0.717, 1.165) is 28.8 Å². The Morgan fingerprint density at radius 1 is 1.05 bits per heavy atom. The van der Waals surface area contributed by atoms with E-state index in [4.69, 9.17) is 0 Å². The van der Waals surface area contributed by atoms with Crippen LogP contribution in [0, 0.1) is 11.8 Å². The molecule has 118 valence electrons. The number of halogens is 1. The highest BCUT2D eigenvalue weighted by atomic mass is 79.9. The smallest absolute Gasteiger partial charge is 0.225 e. The van der Waals surface area contributed by atoms with Crippen LogP contribution in [0.3, 0.4) is 0 Å². The molecule has 0 atom stereocenters. The van der Waals surface area contributed by atoms with E-state index in [9.17, 15) is 0 Å². The van der Waals surface area contributed by atoms with Gasteiger partial charge in [0.15, 0.2) is 0 Å². The number of anilines is 1. The summed E-state index contributed by atoms with van der Waals surface area (Å²) in [5.74, 6) is 2.60. The predicted molar refractivity (Wildman–Crippen MR) is 91.6 cm³/mol. The van der Waals surface area contributed by atoms with Crippen molar-refractivity contribution in [3.05, 3.63) is 16.9 Å². The van der Waals surface area contributed by atoms with Crippen LogP contribution in [0.4, 0.5) is 5.95 Å². The number of nitrogens with zero attached hydrogens (tertiary/aromatic N) is 4. The van der Waals surface area contributed by atoms with Gasteiger partial charge in [0, 0.05) is 32.5 Å². The van der Waals surface area contributed by atoms with Crippen molar-refractivity contribution in [2.75, 3.05) is 39.1 Å². The maximum atomic E-state index is 4.35. The molecule has 1 aromatic heterocycles. The molecule has 21 heavy (non-hydrogen) atoms. The summed E-state index contributed by atoms with van der Waals surface area (Å²) in [5.41, 5.74) is 0. The Morgan fingerprint density at radius 3 is 2.19 bits per heavy atom. The van der Waals surface area contributed by atoms with Gasteiger partial charge in [-0.05, 0) is 61.1 Å². The van der Waals surface area contributed by atoms with Crippen LogP contribution in [-0.2, 0) is 0 Å². The van der Waals surface area contributed by atoms with E-state index >= 15 is 0 Å². The van der Waals surface area contributed by atoms with Gasteiger partial charge in [0.05, 0.1) is 4.47 Å². The number of rotatable bonds is 6. The Balaban J connectivity index is 1.70. The van der Waals surface area contributed by atoms with Crippen LogP contribution in [0.2, 0.25) is 0 Å². The highest BCUT2D eigenvalue weighted by Crippen LogP contribution is 2.31. The molecule has 1 aliphatic rings. The fourth-order valence-corrected chi connectivity index (χ4v) is 3.40. The van der Waals surface area contributed by atoms with E-state index in [1.165, 1.54) is 38.6 Å². The third-order valence-electron chi connectivity index (χ3n) is 4.41. The first-order chi connectivity index (χ1) is 10.0. The van der Waals surface area contributed by atoms with Crippen LogP contribution in [0.15, 0.2) is 16.9 Å². The quantitative estimate of drug-likeness (QED) is 0.783. The summed E-state index contributed by atoms with van der Waals surface area (Å²) in [6, 6.07) is 0. The van der Waals surface area contributed by atoms with Gasteiger partial charge in [-0.2, -0.15) is 0 Å². The molecule has 0 unspecified atom stereocenters. The van der Waals surface area contributed by atoms with Crippen LogP contribution < -0.4 is 4.90 Å². The lowest BCUT2D eigenvalue weighted by molar-refractivity contribution is 0.217.